The van der Waals surface area contributed by atoms with E-state index >= 15 is 0 Å². The summed E-state index contributed by atoms with van der Waals surface area (Å²) < 4.78 is 0. The summed E-state index contributed by atoms with van der Waals surface area (Å²) in [7, 11) is 0. The summed E-state index contributed by atoms with van der Waals surface area (Å²) in [6, 6.07) is -5.09. The summed E-state index contributed by atoms with van der Waals surface area (Å²) in [5, 5.41) is 33.7. The van der Waals surface area contributed by atoms with Crippen molar-refractivity contribution in [2.24, 2.45) is 5.73 Å². The van der Waals surface area contributed by atoms with E-state index < -0.39 is 66.9 Å². The standard InChI is InChI=1S/C17H26N6O8/c1-8(14(27)22-11(17(30)31)2-3-13(25)26)21-16(29)12(4-9-5-19-7-20-9)23-15(28)10(18)6-24/h5,7-8,10-12,24H,2-4,6,18H2,1H3,(H,19,20)(H,21,29)(H,22,27)(H,23,28)(H,25,26)(H,30,31). The van der Waals surface area contributed by atoms with Crippen molar-refractivity contribution in [3.05, 3.63) is 18.2 Å². The number of rotatable bonds is 13. The van der Waals surface area contributed by atoms with Crippen LogP contribution >= 0.6 is 0 Å². The van der Waals surface area contributed by atoms with Gasteiger partial charge in [-0.1, -0.05) is 0 Å². The van der Waals surface area contributed by atoms with Crippen LogP contribution in [-0.4, -0.2) is 85.7 Å². The van der Waals surface area contributed by atoms with Crippen LogP contribution in [0, 0.1) is 0 Å². The summed E-state index contributed by atoms with van der Waals surface area (Å²) in [5.41, 5.74) is 5.94. The van der Waals surface area contributed by atoms with Crippen LogP contribution in [0.4, 0.5) is 0 Å². The molecule has 14 nitrogen and oxygen atoms in total. The highest BCUT2D eigenvalue weighted by atomic mass is 16.4. The number of aliphatic carboxylic acids is 2. The van der Waals surface area contributed by atoms with Gasteiger partial charge in [0.25, 0.3) is 0 Å². The molecule has 0 fully saturated rings. The number of nitrogens with zero attached hydrogens (tertiary/aromatic N) is 1. The van der Waals surface area contributed by atoms with E-state index in [1.807, 2.05) is 0 Å². The predicted octanol–water partition coefficient (Wildman–Crippen LogP) is -3.30. The number of carboxylic acid groups (broad SMARTS) is 2. The summed E-state index contributed by atoms with van der Waals surface area (Å²) in [6.45, 7) is 0.647. The number of aromatic amines is 1. The molecule has 0 radical (unpaired) electrons. The fraction of sp³-hybridized carbons (Fsp3) is 0.529. The molecule has 0 aliphatic heterocycles. The van der Waals surface area contributed by atoms with Crippen molar-refractivity contribution in [1.82, 2.24) is 25.9 Å². The molecule has 9 N–H and O–H groups in total. The molecular weight excluding hydrogens is 416 g/mol. The Morgan fingerprint density at radius 1 is 1.06 bits per heavy atom. The van der Waals surface area contributed by atoms with E-state index in [4.69, 9.17) is 21.1 Å². The zero-order valence-corrected chi connectivity index (χ0v) is 16.7. The quantitative estimate of drug-likeness (QED) is 0.151. The van der Waals surface area contributed by atoms with Gasteiger partial charge in [-0.2, -0.15) is 0 Å². The van der Waals surface area contributed by atoms with Gasteiger partial charge >= 0.3 is 11.9 Å². The van der Waals surface area contributed by atoms with E-state index in [-0.39, 0.29) is 12.8 Å². The lowest BCUT2D eigenvalue weighted by atomic mass is 10.1. The van der Waals surface area contributed by atoms with Gasteiger partial charge in [0, 0.05) is 24.7 Å². The Balaban J connectivity index is 2.79. The average Bonchev–Trinajstić information content (AvgIpc) is 3.22. The summed E-state index contributed by atoms with van der Waals surface area (Å²) in [4.78, 5) is 65.3. The van der Waals surface area contributed by atoms with Gasteiger partial charge in [0.2, 0.25) is 17.7 Å². The number of carbonyl (C=O) groups is 5. The fourth-order valence-electron chi connectivity index (χ4n) is 2.39. The van der Waals surface area contributed by atoms with Gasteiger partial charge in [-0.3, -0.25) is 19.2 Å². The number of amides is 3. The van der Waals surface area contributed by atoms with Crippen LogP contribution in [0.2, 0.25) is 0 Å². The van der Waals surface area contributed by atoms with Gasteiger partial charge < -0.3 is 42.0 Å². The number of hydrogen-bond acceptors (Lipinski definition) is 8. The van der Waals surface area contributed by atoms with Crippen LogP contribution in [0.3, 0.4) is 0 Å². The van der Waals surface area contributed by atoms with Crippen molar-refractivity contribution >= 4 is 29.7 Å². The lowest BCUT2D eigenvalue weighted by molar-refractivity contribution is -0.143. The van der Waals surface area contributed by atoms with E-state index in [1.54, 1.807) is 0 Å². The molecule has 3 amide bonds. The monoisotopic (exact) mass is 442 g/mol. The number of carboxylic acids is 2. The summed E-state index contributed by atoms with van der Waals surface area (Å²) >= 11 is 0. The lowest BCUT2D eigenvalue weighted by Crippen LogP contribution is -2.57. The van der Waals surface area contributed by atoms with E-state index in [0.717, 1.165) is 0 Å². The molecule has 0 aromatic carbocycles. The van der Waals surface area contributed by atoms with E-state index in [9.17, 15) is 24.0 Å². The maximum atomic E-state index is 12.6. The highest BCUT2D eigenvalue weighted by Crippen LogP contribution is 2.02. The Bertz CT molecular complexity index is 784. The van der Waals surface area contributed by atoms with Crippen LogP contribution in [0.25, 0.3) is 0 Å². The van der Waals surface area contributed by atoms with Crippen molar-refractivity contribution in [2.45, 2.75) is 50.4 Å². The van der Waals surface area contributed by atoms with E-state index in [1.165, 1.54) is 19.4 Å². The minimum absolute atomic E-state index is 0.0274. The Kier molecular flexibility index (Phi) is 10.1. The molecule has 0 spiro atoms. The molecular formula is C17H26N6O8. The summed E-state index contributed by atoms with van der Waals surface area (Å²) in [5.74, 6) is -5.06. The van der Waals surface area contributed by atoms with Gasteiger partial charge in [-0.05, 0) is 13.3 Å². The van der Waals surface area contributed by atoms with Crippen LogP contribution < -0.4 is 21.7 Å². The third-order valence-corrected chi connectivity index (χ3v) is 4.16. The smallest absolute Gasteiger partial charge is 0.326 e. The highest BCUT2D eigenvalue weighted by Gasteiger charge is 2.28. The second kappa shape index (κ2) is 12.2. The second-order valence-electron chi connectivity index (χ2n) is 6.69. The molecule has 1 aromatic heterocycles. The molecule has 4 unspecified atom stereocenters. The molecule has 4 atom stereocenters. The van der Waals surface area contributed by atoms with Crippen LogP contribution in [-0.2, 0) is 30.4 Å². The minimum Gasteiger partial charge on any atom is -0.481 e. The number of H-pyrrole nitrogens is 1. The number of nitrogens with one attached hydrogen (secondary N) is 4. The normalized spacial score (nSPS) is 14.5. The SMILES string of the molecule is CC(NC(=O)C(Cc1cnc[nH]1)NC(=O)C(N)CO)C(=O)NC(CCC(=O)O)C(=O)O. The van der Waals surface area contributed by atoms with Crippen molar-refractivity contribution in [3.8, 4) is 0 Å². The predicted molar refractivity (Wildman–Crippen MR) is 103 cm³/mol. The molecule has 31 heavy (non-hydrogen) atoms. The molecule has 14 heteroatoms. The molecule has 0 aliphatic rings. The van der Waals surface area contributed by atoms with Crippen molar-refractivity contribution in [2.75, 3.05) is 6.61 Å². The van der Waals surface area contributed by atoms with Gasteiger partial charge in [0.1, 0.15) is 24.2 Å². The Morgan fingerprint density at radius 2 is 1.71 bits per heavy atom. The largest absolute Gasteiger partial charge is 0.481 e. The molecule has 1 aromatic rings. The first-order valence-electron chi connectivity index (χ1n) is 9.24. The number of carbonyl (C=O) groups excluding carboxylic acids is 3. The van der Waals surface area contributed by atoms with Gasteiger partial charge in [-0.15, -0.1) is 0 Å². The average molecular weight is 442 g/mol. The summed E-state index contributed by atoms with van der Waals surface area (Å²) in [6.07, 6.45) is 1.95. The zero-order valence-electron chi connectivity index (χ0n) is 16.7. The zero-order chi connectivity index (χ0) is 23.6. The Hall–Kier alpha value is -3.52. The molecule has 0 saturated carbocycles. The van der Waals surface area contributed by atoms with E-state index in [0.29, 0.717) is 5.69 Å². The molecule has 172 valence electrons. The van der Waals surface area contributed by atoms with E-state index in [2.05, 4.69) is 25.9 Å². The molecule has 0 saturated heterocycles. The fourth-order valence-corrected chi connectivity index (χ4v) is 2.39. The molecule has 0 aliphatic carbocycles. The number of aromatic nitrogens is 2. The molecule has 1 heterocycles. The number of imidazole rings is 1. The first-order chi connectivity index (χ1) is 14.5. The van der Waals surface area contributed by atoms with Crippen LogP contribution in [0.15, 0.2) is 12.5 Å². The highest BCUT2D eigenvalue weighted by molar-refractivity contribution is 5.94. The van der Waals surface area contributed by atoms with Gasteiger partial charge in [-0.25, -0.2) is 9.78 Å². The van der Waals surface area contributed by atoms with Crippen LogP contribution in [0.1, 0.15) is 25.5 Å². The number of aliphatic hydroxyl groups excluding tert-OH is 1. The van der Waals surface area contributed by atoms with Crippen molar-refractivity contribution in [1.29, 1.82) is 0 Å². The maximum absolute atomic E-state index is 12.6. The van der Waals surface area contributed by atoms with Gasteiger partial charge in [0.05, 0.1) is 12.9 Å². The Morgan fingerprint density at radius 3 is 2.23 bits per heavy atom. The first kappa shape index (κ1) is 25.5. The van der Waals surface area contributed by atoms with Crippen LogP contribution in [0.5, 0.6) is 0 Å². The topological polar surface area (TPSA) is 237 Å². The van der Waals surface area contributed by atoms with Gasteiger partial charge in [0.15, 0.2) is 0 Å². The number of aliphatic hydroxyl groups is 1. The maximum Gasteiger partial charge on any atom is 0.326 e. The Labute approximate surface area is 176 Å². The first-order valence-corrected chi connectivity index (χ1v) is 9.24. The second-order valence-corrected chi connectivity index (χ2v) is 6.69. The van der Waals surface area contributed by atoms with Crippen molar-refractivity contribution < 1.29 is 39.3 Å². The number of nitrogens with two attached hydrogens (primary N) is 1. The molecule has 0 bridgehead atoms. The number of hydrogen-bond donors (Lipinski definition) is 8. The van der Waals surface area contributed by atoms with Crippen molar-refractivity contribution in [3.63, 3.8) is 0 Å². The third-order valence-electron chi connectivity index (χ3n) is 4.16. The lowest BCUT2D eigenvalue weighted by Gasteiger charge is -2.23. The minimum atomic E-state index is -1.45. The third kappa shape index (κ3) is 8.79. The molecule has 1 rings (SSSR count).